The fraction of sp³-hybridized carbons (Fsp3) is 0.273. The van der Waals surface area contributed by atoms with Crippen LogP contribution in [0.25, 0.3) is 11.3 Å². The number of carbonyl (C=O) groups is 1. The maximum atomic E-state index is 12.7. The Balaban J connectivity index is 1.81. The fourth-order valence-electron chi connectivity index (χ4n) is 2.85. The number of benzene rings is 2. The van der Waals surface area contributed by atoms with Crippen molar-refractivity contribution in [2.75, 3.05) is 11.9 Å². The molecule has 1 heterocycles. The van der Waals surface area contributed by atoms with Crippen LogP contribution in [0, 0.1) is 6.92 Å². The summed E-state index contributed by atoms with van der Waals surface area (Å²) in [5, 5.41) is 2.67. The molecule has 0 radical (unpaired) electrons. The van der Waals surface area contributed by atoms with Crippen LogP contribution in [0.4, 0.5) is 5.13 Å². The number of hydrogen-bond donors (Lipinski definition) is 1. The number of aromatic nitrogens is 1. The normalized spacial score (nSPS) is 11.5. The van der Waals surface area contributed by atoms with Gasteiger partial charge in [-0.15, -0.1) is 11.3 Å². The smallest absolute Gasteiger partial charge is 0.257 e. The zero-order valence-electron chi connectivity index (χ0n) is 17.3. The average molecular weight is 445 g/mol. The van der Waals surface area contributed by atoms with Crippen LogP contribution in [0.2, 0.25) is 0 Å². The second-order valence-corrected chi connectivity index (χ2v) is 10.7. The van der Waals surface area contributed by atoms with Crippen LogP contribution in [-0.2, 0) is 9.84 Å². The highest BCUT2D eigenvalue weighted by atomic mass is 32.2. The molecule has 0 fully saturated rings. The molecule has 6 nitrogen and oxygen atoms in total. The molecule has 0 bridgehead atoms. The molecule has 30 heavy (non-hydrogen) atoms. The lowest BCUT2D eigenvalue weighted by atomic mass is 10.1. The van der Waals surface area contributed by atoms with E-state index in [1.807, 2.05) is 38.1 Å². The Hall–Kier alpha value is -2.71. The molecule has 2 aromatic carbocycles. The summed E-state index contributed by atoms with van der Waals surface area (Å²) in [6.45, 7) is 7.70. The Morgan fingerprint density at radius 3 is 2.50 bits per heavy atom. The van der Waals surface area contributed by atoms with Crippen molar-refractivity contribution < 1.29 is 17.9 Å². The highest BCUT2D eigenvalue weighted by molar-refractivity contribution is 7.92. The monoisotopic (exact) mass is 444 g/mol. The minimum absolute atomic E-state index is 0.135. The van der Waals surface area contributed by atoms with E-state index in [0.717, 1.165) is 21.9 Å². The first-order valence-corrected chi connectivity index (χ1v) is 11.9. The molecule has 0 spiro atoms. The van der Waals surface area contributed by atoms with Crippen LogP contribution in [0.1, 0.15) is 36.0 Å². The molecule has 0 unspecified atom stereocenters. The molecule has 0 saturated carbocycles. The van der Waals surface area contributed by atoms with Crippen molar-refractivity contribution >= 4 is 32.2 Å². The van der Waals surface area contributed by atoms with Crippen LogP contribution in [-0.4, -0.2) is 31.2 Å². The molecule has 0 saturated heterocycles. The zero-order chi connectivity index (χ0) is 21.9. The lowest BCUT2D eigenvalue weighted by Gasteiger charge is -2.09. The maximum absolute atomic E-state index is 12.7. The van der Waals surface area contributed by atoms with E-state index in [9.17, 15) is 13.2 Å². The van der Waals surface area contributed by atoms with Crippen molar-refractivity contribution in [2.24, 2.45) is 0 Å². The summed E-state index contributed by atoms with van der Waals surface area (Å²) in [7, 11) is -3.46. The van der Waals surface area contributed by atoms with Gasteiger partial charge in [-0.05, 0) is 70.2 Å². The van der Waals surface area contributed by atoms with Gasteiger partial charge in [0.1, 0.15) is 5.75 Å². The third kappa shape index (κ3) is 4.71. The Kier molecular flexibility index (Phi) is 6.58. The standard InChI is InChI=1S/C22H24N2O4S2/c1-5-28-18-11-9-16(10-12-18)20-15(4)29-22(23-20)24-21(25)17-7-6-8-19(13-17)30(26,27)14(2)3/h6-14H,5H2,1-4H3,(H,23,24,25). The van der Waals surface area contributed by atoms with E-state index in [1.165, 1.54) is 23.5 Å². The minimum atomic E-state index is -3.46. The third-order valence-corrected chi connectivity index (χ3v) is 7.54. The summed E-state index contributed by atoms with van der Waals surface area (Å²) in [4.78, 5) is 18.3. The van der Waals surface area contributed by atoms with Crippen molar-refractivity contribution in [2.45, 2.75) is 37.8 Å². The Bertz CT molecular complexity index is 1150. The van der Waals surface area contributed by atoms with Crippen LogP contribution in [0.15, 0.2) is 53.4 Å². The predicted molar refractivity (Wildman–Crippen MR) is 120 cm³/mol. The number of nitrogens with one attached hydrogen (secondary N) is 1. The van der Waals surface area contributed by atoms with E-state index >= 15 is 0 Å². The first-order valence-electron chi connectivity index (χ1n) is 9.58. The van der Waals surface area contributed by atoms with Crippen molar-refractivity contribution in [1.82, 2.24) is 4.98 Å². The Morgan fingerprint density at radius 2 is 1.87 bits per heavy atom. The summed E-state index contributed by atoms with van der Waals surface area (Å²) in [5.74, 6) is 0.390. The lowest BCUT2D eigenvalue weighted by molar-refractivity contribution is 0.102. The highest BCUT2D eigenvalue weighted by Crippen LogP contribution is 2.31. The number of aryl methyl sites for hydroxylation is 1. The molecular formula is C22H24N2O4S2. The number of carbonyl (C=O) groups excluding carboxylic acids is 1. The van der Waals surface area contributed by atoms with Gasteiger partial charge < -0.3 is 4.74 Å². The van der Waals surface area contributed by atoms with E-state index in [0.29, 0.717) is 11.7 Å². The Morgan fingerprint density at radius 1 is 1.17 bits per heavy atom. The van der Waals surface area contributed by atoms with Gasteiger partial charge >= 0.3 is 0 Å². The number of sulfone groups is 1. The number of anilines is 1. The topological polar surface area (TPSA) is 85.4 Å². The summed E-state index contributed by atoms with van der Waals surface area (Å²) in [6, 6.07) is 13.7. The fourth-order valence-corrected chi connectivity index (χ4v) is 4.78. The molecule has 1 N–H and O–H groups in total. The van der Waals surface area contributed by atoms with Gasteiger partial charge in [0.15, 0.2) is 15.0 Å². The van der Waals surface area contributed by atoms with Gasteiger partial charge in [-0.3, -0.25) is 10.1 Å². The second-order valence-electron chi connectivity index (χ2n) is 6.96. The largest absolute Gasteiger partial charge is 0.494 e. The molecule has 158 valence electrons. The summed E-state index contributed by atoms with van der Waals surface area (Å²) in [6.07, 6.45) is 0. The van der Waals surface area contributed by atoms with Gasteiger partial charge in [0, 0.05) is 16.0 Å². The van der Waals surface area contributed by atoms with Crippen molar-refractivity contribution in [1.29, 1.82) is 0 Å². The predicted octanol–water partition coefficient (Wildman–Crippen LogP) is 4.95. The van der Waals surface area contributed by atoms with E-state index in [-0.39, 0.29) is 10.5 Å². The van der Waals surface area contributed by atoms with Crippen molar-refractivity contribution in [3.8, 4) is 17.0 Å². The minimum Gasteiger partial charge on any atom is -0.494 e. The zero-order valence-corrected chi connectivity index (χ0v) is 18.9. The van der Waals surface area contributed by atoms with E-state index in [4.69, 9.17) is 4.74 Å². The van der Waals surface area contributed by atoms with Gasteiger partial charge in [0.05, 0.1) is 22.4 Å². The van der Waals surface area contributed by atoms with Gasteiger partial charge in [-0.1, -0.05) is 6.07 Å². The first-order chi connectivity index (χ1) is 14.2. The van der Waals surface area contributed by atoms with Crippen molar-refractivity contribution in [3.05, 3.63) is 59.0 Å². The number of hydrogen-bond acceptors (Lipinski definition) is 6. The number of rotatable bonds is 7. The SMILES string of the molecule is CCOc1ccc(-c2nc(NC(=O)c3cccc(S(=O)(=O)C(C)C)c3)sc2C)cc1. The summed E-state index contributed by atoms with van der Waals surface area (Å²) in [5.41, 5.74) is 1.99. The molecular weight excluding hydrogens is 420 g/mol. The molecule has 3 aromatic rings. The average Bonchev–Trinajstić information content (AvgIpc) is 3.08. The number of ether oxygens (including phenoxy) is 1. The first kappa shape index (κ1) is 22.0. The lowest BCUT2D eigenvalue weighted by Crippen LogP contribution is -2.16. The van der Waals surface area contributed by atoms with E-state index < -0.39 is 21.0 Å². The number of nitrogens with zero attached hydrogens (tertiary/aromatic N) is 1. The molecule has 3 rings (SSSR count). The summed E-state index contributed by atoms with van der Waals surface area (Å²) >= 11 is 1.37. The van der Waals surface area contributed by atoms with E-state index in [1.54, 1.807) is 26.0 Å². The summed E-state index contributed by atoms with van der Waals surface area (Å²) < 4.78 is 30.2. The van der Waals surface area contributed by atoms with Gasteiger partial charge in [0.25, 0.3) is 5.91 Å². The van der Waals surface area contributed by atoms with Gasteiger partial charge in [-0.25, -0.2) is 13.4 Å². The van der Waals surface area contributed by atoms with Gasteiger partial charge in [0.2, 0.25) is 0 Å². The van der Waals surface area contributed by atoms with Gasteiger partial charge in [-0.2, -0.15) is 0 Å². The molecule has 1 amide bonds. The van der Waals surface area contributed by atoms with E-state index in [2.05, 4.69) is 10.3 Å². The molecule has 0 atom stereocenters. The second kappa shape index (κ2) is 8.97. The Labute approximate surface area is 180 Å². The third-order valence-electron chi connectivity index (χ3n) is 4.50. The molecule has 1 aromatic heterocycles. The molecule has 0 aliphatic rings. The number of amides is 1. The van der Waals surface area contributed by atoms with Crippen molar-refractivity contribution in [3.63, 3.8) is 0 Å². The van der Waals surface area contributed by atoms with Crippen LogP contribution in [0.3, 0.4) is 0 Å². The molecule has 8 heteroatoms. The number of thiazole rings is 1. The maximum Gasteiger partial charge on any atom is 0.257 e. The van der Waals surface area contributed by atoms with Crippen LogP contribution < -0.4 is 10.1 Å². The van der Waals surface area contributed by atoms with Crippen LogP contribution >= 0.6 is 11.3 Å². The van der Waals surface area contributed by atoms with Crippen LogP contribution in [0.5, 0.6) is 5.75 Å². The quantitative estimate of drug-likeness (QED) is 0.557. The highest BCUT2D eigenvalue weighted by Gasteiger charge is 2.21. The molecule has 0 aliphatic heterocycles. The molecule has 0 aliphatic carbocycles.